The van der Waals surface area contributed by atoms with E-state index >= 15 is 0 Å². The molecule has 5 heteroatoms. The average Bonchev–Trinajstić information content (AvgIpc) is 2.51. The van der Waals surface area contributed by atoms with Crippen molar-refractivity contribution >= 4 is 17.7 Å². The molecule has 0 saturated heterocycles. The van der Waals surface area contributed by atoms with Crippen molar-refractivity contribution < 1.29 is 24.6 Å². The molecule has 0 heterocycles. The number of fused-ring (bicyclic) bond motifs is 1. The van der Waals surface area contributed by atoms with Gasteiger partial charge in [-0.15, -0.1) is 0 Å². The Morgan fingerprint density at radius 3 is 2.36 bits per heavy atom. The monoisotopic (exact) mass is 350 g/mol. The van der Waals surface area contributed by atoms with Crippen molar-refractivity contribution in [3.8, 4) is 0 Å². The van der Waals surface area contributed by atoms with E-state index in [0.717, 1.165) is 12.8 Å². The van der Waals surface area contributed by atoms with Crippen LogP contribution in [-0.2, 0) is 14.4 Å². The van der Waals surface area contributed by atoms with Crippen molar-refractivity contribution in [1.82, 2.24) is 0 Å². The summed E-state index contributed by atoms with van der Waals surface area (Å²) in [5, 5.41) is 19.5. The van der Waals surface area contributed by atoms with E-state index in [1.54, 1.807) is 13.0 Å². The van der Waals surface area contributed by atoms with Gasteiger partial charge in [-0.05, 0) is 49.9 Å². The molecule has 2 aliphatic rings. The summed E-state index contributed by atoms with van der Waals surface area (Å²) in [4.78, 5) is 35.8. The van der Waals surface area contributed by atoms with Crippen LogP contribution in [0.5, 0.6) is 0 Å². The molecule has 0 amide bonds. The summed E-state index contributed by atoms with van der Waals surface area (Å²) < 4.78 is 0. The highest BCUT2D eigenvalue weighted by Crippen LogP contribution is 2.60. The standard InChI is InChI=1S/C20H30O5/c1-12(2)15(21)8-7-14-13(17(22)23)6-9-16-19(14,3)10-5-11-20(16,4)18(24)25/h6,12,14,16H,5,7-11H2,1-4H3,(H,22,23)(H,24,25). The highest BCUT2D eigenvalue weighted by molar-refractivity contribution is 5.88. The number of ketones is 1. The van der Waals surface area contributed by atoms with E-state index in [-0.39, 0.29) is 23.5 Å². The van der Waals surface area contributed by atoms with Crippen molar-refractivity contribution in [2.75, 3.05) is 0 Å². The van der Waals surface area contributed by atoms with Crippen LogP contribution in [0.2, 0.25) is 0 Å². The first-order valence-corrected chi connectivity index (χ1v) is 9.23. The Morgan fingerprint density at radius 1 is 1.20 bits per heavy atom. The van der Waals surface area contributed by atoms with E-state index in [0.29, 0.717) is 31.3 Å². The molecule has 5 nitrogen and oxygen atoms in total. The molecule has 2 N–H and O–H groups in total. The van der Waals surface area contributed by atoms with Gasteiger partial charge in [-0.3, -0.25) is 9.59 Å². The molecular formula is C20H30O5. The second-order valence-corrected chi connectivity index (χ2v) is 8.55. The molecular weight excluding hydrogens is 320 g/mol. The maximum Gasteiger partial charge on any atom is 0.331 e. The molecule has 4 atom stereocenters. The van der Waals surface area contributed by atoms with Crippen molar-refractivity contribution in [3.05, 3.63) is 11.6 Å². The van der Waals surface area contributed by atoms with Crippen LogP contribution in [0.3, 0.4) is 0 Å². The van der Waals surface area contributed by atoms with Crippen molar-refractivity contribution in [1.29, 1.82) is 0 Å². The van der Waals surface area contributed by atoms with Crippen molar-refractivity contribution in [2.24, 2.45) is 28.6 Å². The SMILES string of the molecule is CC(C)C(=O)CCC1C(C(=O)O)=CCC2C(C)(C(=O)O)CCCC12C. The molecule has 2 aliphatic carbocycles. The van der Waals surface area contributed by atoms with Gasteiger partial charge in [-0.1, -0.05) is 33.3 Å². The minimum Gasteiger partial charge on any atom is -0.481 e. The van der Waals surface area contributed by atoms with Crippen molar-refractivity contribution in [2.45, 2.75) is 66.2 Å². The Morgan fingerprint density at radius 2 is 1.84 bits per heavy atom. The van der Waals surface area contributed by atoms with Crippen molar-refractivity contribution in [3.63, 3.8) is 0 Å². The number of carboxylic acid groups (broad SMARTS) is 2. The van der Waals surface area contributed by atoms with E-state index in [2.05, 4.69) is 0 Å². The van der Waals surface area contributed by atoms with E-state index in [1.807, 2.05) is 20.8 Å². The second kappa shape index (κ2) is 6.93. The summed E-state index contributed by atoms with van der Waals surface area (Å²) in [6, 6.07) is 0. The van der Waals surface area contributed by atoms with Gasteiger partial charge in [0.2, 0.25) is 0 Å². The smallest absolute Gasteiger partial charge is 0.331 e. The Labute approximate surface area is 149 Å². The highest BCUT2D eigenvalue weighted by Gasteiger charge is 2.57. The summed E-state index contributed by atoms with van der Waals surface area (Å²) in [7, 11) is 0. The van der Waals surface area contributed by atoms with Gasteiger partial charge in [-0.2, -0.15) is 0 Å². The zero-order chi connectivity index (χ0) is 19.0. The summed E-state index contributed by atoms with van der Waals surface area (Å²) in [5.74, 6) is -2.05. The first-order chi connectivity index (χ1) is 11.5. The van der Waals surface area contributed by atoms with Crippen LogP contribution >= 0.6 is 0 Å². The lowest BCUT2D eigenvalue weighted by Crippen LogP contribution is -2.53. The molecule has 0 radical (unpaired) electrons. The molecule has 0 aromatic heterocycles. The predicted molar refractivity (Wildman–Crippen MR) is 94.1 cm³/mol. The fraction of sp³-hybridized carbons (Fsp3) is 0.750. The minimum absolute atomic E-state index is 0.0694. The number of aliphatic carboxylic acids is 2. The Hall–Kier alpha value is -1.65. The van der Waals surface area contributed by atoms with Gasteiger partial charge in [0.1, 0.15) is 5.78 Å². The zero-order valence-electron chi connectivity index (χ0n) is 15.7. The van der Waals surface area contributed by atoms with E-state index < -0.39 is 22.8 Å². The Kier molecular flexibility index (Phi) is 5.45. The molecule has 4 unspecified atom stereocenters. The number of hydrogen-bond acceptors (Lipinski definition) is 3. The fourth-order valence-corrected chi connectivity index (χ4v) is 5.15. The fourth-order valence-electron chi connectivity index (χ4n) is 5.15. The van der Waals surface area contributed by atoms with Gasteiger partial charge in [0.05, 0.1) is 5.41 Å². The van der Waals surface area contributed by atoms with Gasteiger partial charge >= 0.3 is 11.9 Å². The Balaban J connectivity index is 2.40. The molecule has 1 saturated carbocycles. The third-order valence-corrected chi connectivity index (χ3v) is 6.78. The largest absolute Gasteiger partial charge is 0.481 e. The van der Waals surface area contributed by atoms with Crippen LogP contribution in [0.15, 0.2) is 11.6 Å². The number of carbonyl (C=O) groups excluding carboxylic acids is 1. The molecule has 25 heavy (non-hydrogen) atoms. The maximum absolute atomic E-state index is 12.1. The second-order valence-electron chi connectivity index (χ2n) is 8.55. The average molecular weight is 350 g/mol. The number of carboxylic acids is 2. The first kappa shape index (κ1) is 19.7. The number of hydrogen-bond donors (Lipinski definition) is 2. The van der Waals surface area contributed by atoms with Crippen LogP contribution < -0.4 is 0 Å². The topological polar surface area (TPSA) is 91.7 Å². The third-order valence-electron chi connectivity index (χ3n) is 6.78. The Bertz CT molecular complexity index is 605. The molecule has 0 bridgehead atoms. The lowest BCUT2D eigenvalue weighted by Gasteiger charge is -2.55. The molecule has 2 rings (SSSR count). The van der Waals surface area contributed by atoms with E-state index in [4.69, 9.17) is 0 Å². The van der Waals surface area contributed by atoms with Gasteiger partial charge < -0.3 is 10.2 Å². The molecule has 1 fully saturated rings. The van der Waals surface area contributed by atoms with Crippen LogP contribution in [0.25, 0.3) is 0 Å². The number of rotatable bonds is 6. The van der Waals surface area contributed by atoms with Crippen LogP contribution in [0.1, 0.15) is 66.2 Å². The minimum atomic E-state index is -0.940. The molecule has 0 spiro atoms. The lowest BCUT2D eigenvalue weighted by atomic mass is 9.47. The number of Topliss-reactive ketones (excluding diaryl/α,β-unsaturated/α-hetero) is 1. The maximum atomic E-state index is 12.1. The van der Waals surface area contributed by atoms with E-state index in [9.17, 15) is 24.6 Å². The quantitative estimate of drug-likeness (QED) is 0.757. The van der Waals surface area contributed by atoms with Gasteiger partial charge in [0.15, 0.2) is 0 Å². The number of allylic oxidation sites excluding steroid dienone is 1. The molecule has 140 valence electrons. The van der Waals surface area contributed by atoms with Crippen LogP contribution in [0.4, 0.5) is 0 Å². The summed E-state index contributed by atoms with van der Waals surface area (Å²) in [5.41, 5.74) is -0.871. The van der Waals surface area contributed by atoms with Gasteiger partial charge in [-0.25, -0.2) is 4.79 Å². The molecule has 0 aromatic rings. The highest BCUT2D eigenvalue weighted by atomic mass is 16.4. The van der Waals surface area contributed by atoms with Crippen LogP contribution in [0, 0.1) is 28.6 Å². The zero-order valence-corrected chi connectivity index (χ0v) is 15.7. The summed E-state index contributed by atoms with van der Waals surface area (Å²) in [6.45, 7) is 7.54. The predicted octanol–water partition coefficient (Wildman–Crippen LogP) is 3.92. The lowest BCUT2D eigenvalue weighted by molar-refractivity contribution is -0.163. The first-order valence-electron chi connectivity index (χ1n) is 9.23. The number of carbonyl (C=O) groups is 3. The summed E-state index contributed by atoms with van der Waals surface area (Å²) >= 11 is 0. The molecule has 0 aromatic carbocycles. The van der Waals surface area contributed by atoms with E-state index in [1.165, 1.54) is 0 Å². The van der Waals surface area contributed by atoms with Gasteiger partial charge in [0, 0.05) is 17.9 Å². The van der Waals surface area contributed by atoms with Crippen LogP contribution in [-0.4, -0.2) is 27.9 Å². The third kappa shape index (κ3) is 3.38. The normalized spacial score (nSPS) is 35.0. The molecule has 0 aliphatic heterocycles. The van der Waals surface area contributed by atoms with Gasteiger partial charge in [0.25, 0.3) is 0 Å². The summed E-state index contributed by atoms with van der Waals surface area (Å²) in [6.07, 6.45) is 5.23.